The summed E-state index contributed by atoms with van der Waals surface area (Å²) in [6.45, 7) is 1.94. The van der Waals surface area contributed by atoms with E-state index >= 15 is 0 Å². The summed E-state index contributed by atoms with van der Waals surface area (Å²) < 4.78 is 0. The lowest BCUT2D eigenvalue weighted by Crippen LogP contribution is -2.47. The van der Waals surface area contributed by atoms with Gasteiger partial charge in [-0.15, -0.1) is 0 Å². The van der Waals surface area contributed by atoms with Gasteiger partial charge in [0.2, 0.25) is 5.91 Å². The van der Waals surface area contributed by atoms with Gasteiger partial charge >= 0.3 is 0 Å². The lowest BCUT2D eigenvalue weighted by Gasteiger charge is -2.39. The first-order valence-electron chi connectivity index (χ1n) is 8.56. The quantitative estimate of drug-likeness (QED) is 0.893. The summed E-state index contributed by atoms with van der Waals surface area (Å²) >= 11 is 6.19. The Morgan fingerprint density at radius 1 is 1.08 bits per heavy atom. The monoisotopic (exact) mass is 340 g/mol. The van der Waals surface area contributed by atoms with E-state index in [1.54, 1.807) is 0 Å². The van der Waals surface area contributed by atoms with Gasteiger partial charge in [-0.2, -0.15) is 0 Å². The van der Waals surface area contributed by atoms with Crippen molar-refractivity contribution in [1.82, 2.24) is 5.32 Å². The maximum Gasteiger partial charge on any atom is 0.235 e. The number of hydrogen-bond acceptors (Lipinski definition) is 2. The van der Waals surface area contributed by atoms with Crippen LogP contribution in [0.25, 0.3) is 0 Å². The molecule has 4 rings (SSSR count). The fraction of sp³-hybridized carbons (Fsp3) is 0.350. The van der Waals surface area contributed by atoms with Crippen molar-refractivity contribution in [2.75, 3.05) is 18.4 Å². The molecule has 24 heavy (non-hydrogen) atoms. The summed E-state index contributed by atoms with van der Waals surface area (Å²) in [7, 11) is 0. The number of nitrogens with one attached hydrogen (secondary N) is 2. The number of halogens is 1. The highest BCUT2D eigenvalue weighted by Gasteiger charge is 2.51. The maximum atomic E-state index is 13.2. The molecule has 0 radical (unpaired) electrons. The summed E-state index contributed by atoms with van der Waals surface area (Å²) in [5.41, 5.74) is 2.72. The summed E-state index contributed by atoms with van der Waals surface area (Å²) in [6, 6.07) is 16.0. The zero-order valence-corrected chi connectivity index (χ0v) is 14.3. The molecule has 2 aliphatic rings. The molecule has 1 amide bonds. The van der Waals surface area contributed by atoms with E-state index in [-0.39, 0.29) is 5.91 Å². The smallest absolute Gasteiger partial charge is 0.235 e. The first-order valence-corrected chi connectivity index (χ1v) is 8.94. The zero-order valence-electron chi connectivity index (χ0n) is 13.5. The van der Waals surface area contributed by atoms with E-state index in [0.717, 1.165) is 47.8 Å². The minimum atomic E-state index is -0.497. The molecule has 124 valence electrons. The Bertz CT molecular complexity index is 770. The van der Waals surface area contributed by atoms with E-state index < -0.39 is 5.41 Å². The average Bonchev–Trinajstić information content (AvgIpc) is 2.89. The number of carbonyl (C=O) groups is 1. The van der Waals surface area contributed by atoms with Gasteiger partial charge in [-0.25, -0.2) is 0 Å². The van der Waals surface area contributed by atoms with Crippen LogP contribution in [-0.4, -0.2) is 19.0 Å². The van der Waals surface area contributed by atoms with Gasteiger partial charge in [0.1, 0.15) is 0 Å². The van der Waals surface area contributed by atoms with Gasteiger partial charge in [-0.1, -0.05) is 41.9 Å². The molecule has 4 heteroatoms. The van der Waals surface area contributed by atoms with Crippen molar-refractivity contribution in [1.29, 1.82) is 0 Å². The second-order valence-corrected chi connectivity index (χ2v) is 7.24. The van der Waals surface area contributed by atoms with Gasteiger partial charge in [-0.05, 0) is 67.6 Å². The molecule has 1 unspecified atom stereocenters. The molecule has 0 spiro atoms. The minimum absolute atomic E-state index is 0.135. The predicted molar refractivity (Wildman–Crippen MR) is 97.5 cm³/mol. The highest BCUT2D eigenvalue weighted by atomic mass is 35.5. The van der Waals surface area contributed by atoms with Crippen molar-refractivity contribution in [3.05, 3.63) is 64.7 Å². The summed E-state index contributed by atoms with van der Waals surface area (Å²) in [5, 5.41) is 7.26. The van der Waals surface area contributed by atoms with Crippen LogP contribution in [0.5, 0.6) is 0 Å². The molecule has 2 aliphatic heterocycles. The number of carbonyl (C=O) groups excluding carboxylic acids is 1. The van der Waals surface area contributed by atoms with Crippen LogP contribution in [-0.2, 0) is 16.6 Å². The van der Waals surface area contributed by atoms with Crippen LogP contribution in [0.15, 0.2) is 48.5 Å². The number of amides is 1. The number of anilines is 1. The normalized spacial score (nSPS) is 23.8. The summed E-state index contributed by atoms with van der Waals surface area (Å²) in [4.78, 5) is 13.2. The number of fused-ring (bicyclic) bond motifs is 1. The number of rotatable bonds is 3. The Morgan fingerprint density at radius 2 is 1.88 bits per heavy atom. The molecule has 0 bridgehead atoms. The first-order chi connectivity index (χ1) is 11.7. The largest absolute Gasteiger partial charge is 0.325 e. The third-order valence-corrected chi connectivity index (χ3v) is 5.70. The highest BCUT2D eigenvalue weighted by Crippen LogP contribution is 2.48. The standard InChI is InChI=1S/C20H21ClN2O/c21-16-5-3-4-14(12-16)13-20(15-8-10-22-11-9-15)17-6-1-2-7-18(17)23-19(20)24/h1-7,12,15,22H,8-11,13H2,(H,23,24). The topological polar surface area (TPSA) is 41.1 Å². The van der Waals surface area contributed by atoms with Gasteiger partial charge in [0.25, 0.3) is 0 Å². The Hall–Kier alpha value is -1.84. The molecular weight excluding hydrogens is 320 g/mol. The predicted octanol–water partition coefficient (Wildman–Crippen LogP) is 3.77. The van der Waals surface area contributed by atoms with Crippen LogP contribution >= 0.6 is 11.6 Å². The van der Waals surface area contributed by atoms with Gasteiger partial charge in [0.15, 0.2) is 0 Å². The van der Waals surface area contributed by atoms with Crippen LogP contribution in [0.3, 0.4) is 0 Å². The minimum Gasteiger partial charge on any atom is -0.325 e. The van der Waals surface area contributed by atoms with E-state index in [1.165, 1.54) is 0 Å². The molecule has 0 aromatic heterocycles. The molecule has 1 saturated heterocycles. The van der Waals surface area contributed by atoms with Crippen molar-refractivity contribution in [2.24, 2.45) is 5.92 Å². The molecule has 0 saturated carbocycles. The zero-order chi connectivity index (χ0) is 16.6. The Labute approximate surface area is 147 Å². The summed E-state index contributed by atoms with van der Waals surface area (Å²) in [6.07, 6.45) is 2.73. The van der Waals surface area contributed by atoms with Crippen molar-refractivity contribution >= 4 is 23.2 Å². The number of benzene rings is 2. The third-order valence-electron chi connectivity index (χ3n) is 5.47. The van der Waals surface area contributed by atoms with E-state index in [1.807, 2.05) is 36.4 Å². The molecule has 0 aliphatic carbocycles. The van der Waals surface area contributed by atoms with Crippen molar-refractivity contribution in [3.63, 3.8) is 0 Å². The molecule has 1 fully saturated rings. The van der Waals surface area contributed by atoms with Crippen LogP contribution in [0.2, 0.25) is 5.02 Å². The molecule has 3 nitrogen and oxygen atoms in total. The molecule has 2 aromatic rings. The fourth-order valence-electron chi connectivity index (χ4n) is 4.35. The van der Waals surface area contributed by atoms with E-state index in [2.05, 4.69) is 22.8 Å². The Kier molecular flexibility index (Phi) is 4.07. The fourth-order valence-corrected chi connectivity index (χ4v) is 4.56. The molecule has 1 atom stereocenters. The average molecular weight is 341 g/mol. The van der Waals surface area contributed by atoms with Crippen LogP contribution in [0, 0.1) is 5.92 Å². The second kappa shape index (κ2) is 6.23. The van der Waals surface area contributed by atoms with Crippen molar-refractivity contribution < 1.29 is 4.79 Å². The van der Waals surface area contributed by atoms with E-state index in [9.17, 15) is 4.79 Å². The Morgan fingerprint density at radius 3 is 2.67 bits per heavy atom. The number of piperidine rings is 1. The highest BCUT2D eigenvalue weighted by molar-refractivity contribution is 6.30. The summed E-state index contributed by atoms with van der Waals surface area (Å²) in [5.74, 6) is 0.469. The van der Waals surface area contributed by atoms with Crippen LogP contribution < -0.4 is 10.6 Å². The van der Waals surface area contributed by atoms with Crippen molar-refractivity contribution in [2.45, 2.75) is 24.7 Å². The van der Waals surface area contributed by atoms with Crippen LogP contribution in [0.4, 0.5) is 5.69 Å². The molecule has 2 N–H and O–H groups in total. The van der Waals surface area contributed by atoms with E-state index in [0.29, 0.717) is 12.3 Å². The van der Waals surface area contributed by atoms with E-state index in [4.69, 9.17) is 11.6 Å². The molecular formula is C20H21ClN2O. The lowest BCUT2D eigenvalue weighted by atomic mass is 9.64. The van der Waals surface area contributed by atoms with Gasteiger partial charge in [0, 0.05) is 10.7 Å². The first kappa shape index (κ1) is 15.7. The van der Waals surface area contributed by atoms with Gasteiger partial charge in [-0.3, -0.25) is 4.79 Å². The second-order valence-electron chi connectivity index (χ2n) is 6.80. The molecule has 2 heterocycles. The van der Waals surface area contributed by atoms with Crippen LogP contribution in [0.1, 0.15) is 24.0 Å². The SMILES string of the molecule is O=C1Nc2ccccc2C1(Cc1cccc(Cl)c1)C1CCNCC1. The number of para-hydroxylation sites is 1. The maximum absolute atomic E-state index is 13.2. The number of hydrogen-bond donors (Lipinski definition) is 2. The van der Waals surface area contributed by atoms with Crippen molar-refractivity contribution in [3.8, 4) is 0 Å². The third kappa shape index (κ3) is 2.52. The van der Waals surface area contributed by atoms with Gasteiger partial charge < -0.3 is 10.6 Å². The lowest BCUT2D eigenvalue weighted by molar-refractivity contribution is -0.123. The Balaban J connectivity index is 1.82. The van der Waals surface area contributed by atoms with Gasteiger partial charge in [0.05, 0.1) is 5.41 Å². The molecule has 2 aromatic carbocycles.